The summed E-state index contributed by atoms with van der Waals surface area (Å²) in [4.78, 5) is 27.9. The number of carbonyl (C=O) groups is 2. The van der Waals surface area contributed by atoms with Crippen LogP contribution in [0.3, 0.4) is 0 Å². The molecule has 1 aliphatic rings. The summed E-state index contributed by atoms with van der Waals surface area (Å²) in [5, 5.41) is 11.8. The molecular formula is C21H26N4O4. The molecule has 1 amide bonds. The third-order valence-electron chi connectivity index (χ3n) is 4.82. The molecule has 1 saturated heterocycles. The molecule has 1 unspecified atom stereocenters. The van der Waals surface area contributed by atoms with Gasteiger partial charge in [-0.15, -0.1) is 0 Å². The standard InChI is InChI=1S/C21H26N4O4/c1-21(2,20(27)28)13-23-19(26)15-5-3-4-14(10-15)12-29-16-6-7-17(22-11-16)18-8-9-24-25-18/h3-7,10-11,18,24-25H,8-9,12-13H2,1-2H3,(H,23,26)(H,27,28). The van der Waals surface area contributed by atoms with E-state index in [-0.39, 0.29) is 18.5 Å². The van der Waals surface area contributed by atoms with Crippen molar-refractivity contribution in [1.29, 1.82) is 0 Å². The first-order valence-corrected chi connectivity index (χ1v) is 9.53. The van der Waals surface area contributed by atoms with E-state index in [1.807, 2.05) is 18.2 Å². The van der Waals surface area contributed by atoms with Gasteiger partial charge in [0.05, 0.1) is 23.3 Å². The average molecular weight is 398 g/mol. The second-order valence-electron chi connectivity index (χ2n) is 7.69. The van der Waals surface area contributed by atoms with Gasteiger partial charge in [0.15, 0.2) is 0 Å². The Morgan fingerprint density at radius 3 is 2.79 bits per heavy atom. The third-order valence-corrected chi connectivity index (χ3v) is 4.82. The quantitative estimate of drug-likeness (QED) is 0.538. The van der Waals surface area contributed by atoms with Crippen molar-refractivity contribution in [2.45, 2.75) is 32.9 Å². The zero-order chi connectivity index (χ0) is 20.9. The number of aliphatic carboxylic acids is 1. The molecule has 1 aromatic carbocycles. The summed E-state index contributed by atoms with van der Waals surface area (Å²) in [6.45, 7) is 4.40. The minimum absolute atomic E-state index is 0.0469. The number of pyridine rings is 1. The predicted molar refractivity (Wildman–Crippen MR) is 107 cm³/mol. The largest absolute Gasteiger partial charge is 0.487 e. The number of hydrazine groups is 1. The maximum atomic E-state index is 12.3. The molecule has 1 aliphatic heterocycles. The summed E-state index contributed by atoms with van der Waals surface area (Å²) >= 11 is 0. The van der Waals surface area contributed by atoms with Crippen LogP contribution in [-0.4, -0.2) is 35.1 Å². The normalized spacial score (nSPS) is 16.4. The monoisotopic (exact) mass is 398 g/mol. The number of amides is 1. The van der Waals surface area contributed by atoms with Crippen molar-refractivity contribution in [2.24, 2.45) is 5.41 Å². The predicted octanol–water partition coefficient (Wildman–Crippen LogP) is 2.04. The first-order valence-electron chi connectivity index (χ1n) is 9.53. The van der Waals surface area contributed by atoms with E-state index in [0.717, 1.165) is 24.2 Å². The number of nitrogens with zero attached hydrogens (tertiary/aromatic N) is 1. The number of carboxylic acids is 1. The van der Waals surface area contributed by atoms with Crippen molar-refractivity contribution in [3.63, 3.8) is 0 Å². The van der Waals surface area contributed by atoms with Crippen LogP contribution < -0.4 is 20.9 Å². The van der Waals surface area contributed by atoms with Crippen LogP contribution in [0.15, 0.2) is 42.6 Å². The average Bonchev–Trinajstić information content (AvgIpc) is 3.26. The number of nitrogens with one attached hydrogen (secondary N) is 3. The molecule has 0 spiro atoms. The van der Waals surface area contributed by atoms with Gasteiger partial charge in [0, 0.05) is 18.7 Å². The van der Waals surface area contributed by atoms with Crippen molar-refractivity contribution >= 4 is 11.9 Å². The highest BCUT2D eigenvalue weighted by Crippen LogP contribution is 2.20. The van der Waals surface area contributed by atoms with Crippen LogP contribution in [-0.2, 0) is 11.4 Å². The SMILES string of the molecule is CC(C)(CNC(=O)c1cccc(COc2ccc(C3CCNN3)nc2)c1)C(=O)O. The van der Waals surface area contributed by atoms with Gasteiger partial charge in [-0.3, -0.25) is 20.0 Å². The molecule has 2 heterocycles. The number of benzene rings is 1. The maximum Gasteiger partial charge on any atom is 0.310 e. The van der Waals surface area contributed by atoms with E-state index in [4.69, 9.17) is 9.84 Å². The second kappa shape index (κ2) is 9.02. The molecule has 3 rings (SSSR count). The Morgan fingerprint density at radius 1 is 1.31 bits per heavy atom. The van der Waals surface area contributed by atoms with Crippen molar-refractivity contribution in [3.8, 4) is 5.75 Å². The van der Waals surface area contributed by atoms with Crippen LogP contribution in [0.2, 0.25) is 0 Å². The highest BCUT2D eigenvalue weighted by Gasteiger charge is 2.27. The summed E-state index contributed by atoms with van der Waals surface area (Å²) < 4.78 is 5.78. The number of hydrogen-bond acceptors (Lipinski definition) is 6. The number of carboxylic acid groups (broad SMARTS) is 1. The molecule has 8 nitrogen and oxygen atoms in total. The smallest absolute Gasteiger partial charge is 0.310 e. The molecule has 1 fully saturated rings. The summed E-state index contributed by atoms with van der Waals surface area (Å²) in [6.07, 6.45) is 2.69. The van der Waals surface area contributed by atoms with Crippen LogP contribution >= 0.6 is 0 Å². The van der Waals surface area contributed by atoms with Gasteiger partial charge in [-0.05, 0) is 50.1 Å². The number of hydrogen-bond donors (Lipinski definition) is 4. The van der Waals surface area contributed by atoms with E-state index >= 15 is 0 Å². The minimum atomic E-state index is -1.03. The molecule has 8 heteroatoms. The van der Waals surface area contributed by atoms with E-state index in [2.05, 4.69) is 21.2 Å². The fourth-order valence-electron chi connectivity index (χ4n) is 2.84. The maximum absolute atomic E-state index is 12.3. The van der Waals surface area contributed by atoms with E-state index in [1.165, 1.54) is 0 Å². The number of aromatic nitrogens is 1. The molecule has 1 aromatic heterocycles. The minimum Gasteiger partial charge on any atom is -0.487 e. The lowest BCUT2D eigenvalue weighted by Gasteiger charge is -2.19. The van der Waals surface area contributed by atoms with Crippen LogP contribution in [0.4, 0.5) is 0 Å². The Bertz CT molecular complexity index is 861. The van der Waals surface area contributed by atoms with Crippen LogP contribution in [0.5, 0.6) is 5.75 Å². The molecular weight excluding hydrogens is 372 g/mol. The van der Waals surface area contributed by atoms with Crippen molar-refractivity contribution in [1.82, 2.24) is 21.2 Å². The van der Waals surface area contributed by atoms with E-state index in [1.54, 1.807) is 38.2 Å². The summed E-state index contributed by atoms with van der Waals surface area (Å²) in [7, 11) is 0. The summed E-state index contributed by atoms with van der Waals surface area (Å²) in [5.41, 5.74) is 7.48. The zero-order valence-corrected chi connectivity index (χ0v) is 16.6. The Kier molecular flexibility index (Phi) is 6.46. The van der Waals surface area contributed by atoms with E-state index in [0.29, 0.717) is 17.9 Å². The third kappa shape index (κ3) is 5.52. The molecule has 0 radical (unpaired) electrons. The molecule has 0 saturated carbocycles. The van der Waals surface area contributed by atoms with E-state index < -0.39 is 11.4 Å². The summed E-state index contributed by atoms with van der Waals surface area (Å²) in [6, 6.07) is 11.1. The first-order chi connectivity index (χ1) is 13.8. The molecule has 4 N–H and O–H groups in total. The molecule has 0 aliphatic carbocycles. The number of ether oxygens (including phenoxy) is 1. The van der Waals surface area contributed by atoms with Crippen LogP contribution in [0.1, 0.15) is 47.9 Å². The topological polar surface area (TPSA) is 113 Å². The number of rotatable bonds is 8. The Balaban J connectivity index is 1.55. The fraction of sp³-hybridized carbons (Fsp3) is 0.381. The summed E-state index contributed by atoms with van der Waals surface area (Å²) in [5.74, 6) is -0.623. The number of carbonyl (C=O) groups excluding carboxylic acids is 1. The molecule has 2 aromatic rings. The van der Waals surface area contributed by atoms with Crippen molar-refractivity contribution < 1.29 is 19.4 Å². The van der Waals surface area contributed by atoms with Crippen molar-refractivity contribution in [2.75, 3.05) is 13.1 Å². The Hall–Kier alpha value is -2.97. The Morgan fingerprint density at radius 2 is 2.14 bits per heavy atom. The molecule has 1 atom stereocenters. The van der Waals surface area contributed by atoms with Crippen molar-refractivity contribution in [3.05, 3.63) is 59.4 Å². The zero-order valence-electron chi connectivity index (χ0n) is 16.6. The van der Waals surface area contributed by atoms with Gasteiger partial charge in [0.2, 0.25) is 0 Å². The Labute approximate surface area is 169 Å². The van der Waals surface area contributed by atoms with Gasteiger partial charge >= 0.3 is 5.97 Å². The van der Waals surface area contributed by atoms with Gasteiger partial charge in [-0.2, -0.15) is 0 Å². The van der Waals surface area contributed by atoms with Gasteiger partial charge in [0.25, 0.3) is 5.91 Å². The van der Waals surface area contributed by atoms with Gasteiger partial charge in [-0.25, -0.2) is 5.43 Å². The highest BCUT2D eigenvalue weighted by atomic mass is 16.5. The fourth-order valence-corrected chi connectivity index (χ4v) is 2.84. The lowest BCUT2D eigenvalue weighted by molar-refractivity contribution is -0.146. The van der Waals surface area contributed by atoms with Gasteiger partial charge in [-0.1, -0.05) is 12.1 Å². The van der Waals surface area contributed by atoms with Crippen LogP contribution in [0.25, 0.3) is 0 Å². The first kappa shape index (κ1) is 20.8. The molecule has 0 bridgehead atoms. The van der Waals surface area contributed by atoms with E-state index in [9.17, 15) is 9.59 Å². The van der Waals surface area contributed by atoms with Gasteiger partial charge in [0.1, 0.15) is 12.4 Å². The van der Waals surface area contributed by atoms with Crippen LogP contribution in [0, 0.1) is 5.41 Å². The van der Waals surface area contributed by atoms with Gasteiger partial charge < -0.3 is 15.2 Å². The molecule has 154 valence electrons. The molecule has 29 heavy (non-hydrogen) atoms. The highest BCUT2D eigenvalue weighted by molar-refractivity contribution is 5.94. The lowest BCUT2D eigenvalue weighted by Crippen LogP contribution is -2.38. The second-order valence-corrected chi connectivity index (χ2v) is 7.69. The lowest BCUT2D eigenvalue weighted by atomic mass is 9.94.